The van der Waals surface area contributed by atoms with Crippen LogP contribution in [0.3, 0.4) is 0 Å². The maximum Gasteiger partial charge on any atom is 0.337 e. The predicted octanol–water partition coefficient (Wildman–Crippen LogP) is 9.56. The number of hydrogen-bond acceptors (Lipinski definition) is 4. The van der Waals surface area contributed by atoms with Gasteiger partial charge in [0.15, 0.2) is 8.32 Å². The largest absolute Gasteiger partial charge is 0.494 e. The second-order valence-corrected chi connectivity index (χ2v) is 16.5. The van der Waals surface area contributed by atoms with E-state index in [1.54, 1.807) is 6.07 Å². The maximum atomic E-state index is 12.2. The van der Waals surface area contributed by atoms with Crippen molar-refractivity contribution in [2.45, 2.75) is 97.2 Å². The molecule has 0 aliphatic rings. The summed E-state index contributed by atoms with van der Waals surface area (Å²) in [7, 11) is -0.548. The van der Waals surface area contributed by atoms with Gasteiger partial charge in [-0.25, -0.2) is 4.79 Å². The van der Waals surface area contributed by atoms with E-state index < -0.39 is 8.32 Å². The van der Waals surface area contributed by atoms with Gasteiger partial charge in [0.05, 0.1) is 25.9 Å². The molecule has 0 amide bonds. The van der Waals surface area contributed by atoms with Crippen LogP contribution in [0.1, 0.15) is 101 Å². The van der Waals surface area contributed by atoms with Crippen LogP contribution >= 0.6 is 0 Å². The molecule has 0 saturated heterocycles. The van der Waals surface area contributed by atoms with Gasteiger partial charge in [0.2, 0.25) is 0 Å². The van der Waals surface area contributed by atoms with Gasteiger partial charge in [-0.2, -0.15) is 0 Å². The van der Waals surface area contributed by atoms with Gasteiger partial charge in [-0.05, 0) is 71.6 Å². The van der Waals surface area contributed by atoms with Crippen molar-refractivity contribution in [3.05, 3.63) is 65.2 Å². The molecule has 2 rings (SSSR count). The Kier molecular flexibility index (Phi) is 13.3. The second kappa shape index (κ2) is 15.9. The van der Waals surface area contributed by atoms with Crippen molar-refractivity contribution in [3.63, 3.8) is 0 Å². The lowest BCUT2D eigenvalue weighted by atomic mass is 10.0. The van der Waals surface area contributed by atoms with Crippen molar-refractivity contribution in [2.75, 3.05) is 20.3 Å². The zero-order valence-corrected chi connectivity index (χ0v) is 25.9. The van der Waals surface area contributed by atoms with Crippen LogP contribution in [0.15, 0.2) is 48.5 Å². The van der Waals surface area contributed by atoms with Gasteiger partial charge in [-0.15, -0.1) is 0 Å². The van der Waals surface area contributed by atoms with Crippen LogP contribution in [0.2, 0.25) is 18.1 Å². The molecule has 210 valence electrons. The molecule has 0 bridgehead atoms. The van der Waals surface area contributed by atoms with Crippen LogP contribution in [0.5, 0.6) is 5.75 Å². The third-order valence-corrected chi connectivity index (χ3v) is 12.0. The van der Waals surface area contributed by atoms with E-state index in [1.807, 2.05) is 30.3 Å². The highest BCUT2D eigenvalue weighted by atomic mass is 28.4. The molecule has 0 aliphatic carbocycles. The molecule has 0 saturated carbocycles. The molecule has 38 heavy (non-hydrogen) atoms. The average molecular weight is 539 g/mol. The lowest BCUT2D eigenvalue weighted by Gasteiger charge is -2.36. The summed E-state index contributed by atoms with van der Waals surface area (Å²) >= 11 is 0. The molecule has 0 fully saturated rings. The lowest BCUT2D eigenvalue weighted by Crippen LogP contribution is -2.41. The number of benzene rings is 2. The number of esters is 1. The van der Waals surface area contributed by atoms with E-state index in [0.29, 0.717) is 12.2 Å². The first-order valence-electron chi connectivity index (χ1n) is 14.3. The van der Waals surface area contributed by atoms with E-state index in [-0.39, 0.29) is 11.0 Å². The number of carbonyl (C=O) groups is 1. The molecule has 0 spiro atoms. The molecule has 0 atom stereocenters. The number of unbranched alkanes of at least 4 members (excludes halogenated alkanes) is 7. The van der Waals surface area contributed by atoms with Crippen LogP contribution < -0.4 is 4.74 Å². The minimum atomic E-state index is -1.96. The Hall–Kier alpha value is -2.37. The highest BCUT2D eigenvalue weighted by molar-refractivity contribution is 6.74. The molecule has 0 aromatic heterocycles. The van der Waals surface area contributed by atoms with Gasteiger partial charge in [-0.3, -0.25) is 0 Å². The fourth-order valence-electron chi connectivity index (χ4n) is 3.93. The maximum absolute atomic E-state index is 12.2. The van der Waals surface area contributed by atoms with E-state index >= 15 is 0 Å². The molecule has 2 aromatic carbocycles. The second-order valence-electron chi connectivity index (χ2n) is 11.7. The summed E-state index contributed by atoms with van der Waals surface area (Å²) in [5.41, 5.74) is 3.60. The van der Waals surface area contributed by atoms with E-state index in [9.17, 15) is 4.79 Å². The van der Waals surface area contributed by atoms with Gasteiger partial charge in [-0.1, -0.05) is 96.9 Å². The number of carbonyl (C=O) groups excluding carboxylic acids is 1. The normalized spacial score (nSPS) is 12.4. The van der Waals surface area contributed by atoms with E-state index in [0.717, 1.165) is 35.5 Å². The first-order valence-corrected chi connectivity index (χ1v) is 17.2. The molecule has 0 heterocycles. The van der Waals surface area contributed by atoms with Gasteiger partial charge >= 0.3 is 5.97 Å². The van der Waals surface area contributed by atoms with Crippen LogP contribution in [-0.2, 0) is 9.16 Å². The Morgan fingerprint density at radius 3 is 2.08 bits per heavy atom. The minimum absolute atomic E-state index is 0.111. The Bertz CT molecular complexity index is 1000. The van der Waals surface area contributed by atoms with Crippen LogP contribution in [-0.4, -0.2) is 34.6 Å². The molecule has 0 unspecified atom stereocenters. The minimum Gasteiger partial charge on any atom is -0.494 e. The fraction of sp³-hybridized carbons (Fsp3) is 0.545. The number of hydrogen-bond donors (Lipinski definition) is 0. The van der Waals surface area contributed by atoms with Gasteiger partial charge in [0, 0.05) is 0 Å². The predicted molar refractivity (Wildman–Crippen MR) is 163 cm³/mol. The third-order valence-electron chi connectivity index (χ3n) is 7.54. The van der Waals surface area contributed by atoms with Gasteiger partial charge in [0.1, 0.15) is 5.75 Å². The molecular weight excluding hydrogens is 488 g/mol. The van der Waals surface area contributed by atoms with Gasteiger partial charge < -0.3 is 13.9 Å². The van der Waals surface area contributed by atoms with E-state index in [4.69, 9.17) is 13.9 Å². The Morgan fingerprint density at radius 1 is 0.868 bits per heavy atom. The van der Waals surface area contributed by atoms with E-state index in [1.165, 1.54) is 52.1 Å². The van der Waals surface area contributed by atoms with Crippen molar-refractivity contribution in [2.24, 2.45) is 0 Å². The van der Waals surface area contributed by atoms with Crippen molar-refractivity contribution >= 4 is 25.9 Å². The highest BCUT2D eigenvalue weighted by Crippen LogP contribution is 2.37. The third kappa shape index (κ3) is 10.8. The molecule has 4 nitrogen and oxygen atoms in total. The summed E-state index contributed by atoms with van der Waals surface area (Å²) in [5, 5.41) is 0.111. The number of ether oxygens (including phenoxy) is 2. The first-order chi connectivity index (χ1) is 18.1. The quantitative estimate of drug-likeness (QED) is 0.0923. The highest BCUT2D eigenvalue weighted by Gasteiger charge is 2.37. The fourth-order valence-corrected chi connectivity index (χ4v) is 4.88. The summed E-state index contributed by atoms with van der Waals surface area (Å²) in [4.78, 5) is 12.2. The Labute approximate surface area is 232 Å². The van der Waals surface area contributed by atoms with E-state index in [2.05, 4.69) is 59.0 Å². The summed E-state index contributed by atoms with van der Waals surface area (Å²) in [6.45, 7) is 14.7. The molecule has 0 aliphatic heterocycles. The molecule has 0 N–H and O–H groups in total. The van der Waals surface area contributed by atoms with Crippen molar-refractivity contribution in [1.29, 1.82) is 0 Å². The lowest BCUT2D eigenvalue weighted by molar-refractivity contribution is 0.0600. The van der Waals surface area contributed by atoms with Crippen LogP contribution in [0, 0.1) is 0 Å². The standard InChI is InChI=1S/C33H50O4Si/c1-8-9-10-11-12-13-14-15-23-36-31-21-19-27(20-22-31)24-30(26-37-38(6,7)33(2,3)4)28-17-16-18-29(25-28)32(34)35-5/h16-22,24-25H,8-15,23,26H2,1-7H3. The summed E-state index contributed by atoms with van der Waals surface area (Å²) in [6, 6.07) is 15.8. The van der Waals surface area contributed by atoms with Crippen LogP contribution in [0.4, 0.5) is 0 Å². The zero-order valence-electron chi connectivity index (χ0n) is 24.9. The molecule has 2 aromatic rings. The molecular formula is C33H50O4Si. The van der Waals surface area contributed by atoms with Crippen LogP contribution in [0.25, 0.3) is 11.6 Å². The van der Waals surface area contributed by atoms with Crippen molar-refractivity contribution in [1.82, 2.24) is 0 Å². The summed E-state index contributed by atoms with van der Waals surface area (Å²) < 4.78 is 17.5. The van der Waals surface area contributed by atoms with Crippen molar-refractivity contribution in [3.8, 4) is 5.75 Å². The first kappa shape index (κ1) is 31.8. The number of rotatable bonds is 16. The smallest absolute Gasteiger partial charge is 0.337 e. The average Bonchev–Trinajstić information content (AvgIpc) is 2.89. The molecule has 5 heteroatoms. The monoisotopic (exact) mass is 538 g/mol. The van der Waals surface area contributed by atoms with Gasteiger partial charge in [0.25, 0.3) is 0 Å². The SMILES string of the molecule is CCCCCCCCCCOc1ccc(C=C(CO[Si](C)(C)C(C)(C)C)c2cccc(C(=O)OC)c2)cc1. The van der Waals surface area contributed by atoms with Crippen molar-refractivity contribution < 1.29 is 18.7 Å². The topological polar surface area (TPSA) is 44.8 Å². The zero-order chi connectivity index (χ0) is 28.0. The Balaban J connectivity index is 2.07. The number of methoxy groups -OCH3 is 1. The summed E-state index contributed by atoms with van der Waals surface area (Å²) in [6.07, 6.45) is 12.5. The molecule has 0 radical (unpaired) electrons. The summed E-state index contributed by atoms with van der Waals surface area (Å²) in [5.74, 6) is 0.561. The Morgan fingerprint density at radius 2 is 1.47 bits per heavy atom.